The highest BCUT2D eigenvalue weighted by molar-refractivity contribution is 6.05. The van der Waals surface area contributed by atoms with Crippen molar-refractivity contribution in [1.29, 1.82) is 0 Å². The number of halogens is 3. The molecular formula is C24H32F3N3O. The minimum atomic E-state index is -4.45. The monoisotopic (exact) mass is 435 g/mol. The second-order valence-corrected chi connectivity index (χ2v) is 9.48. The topological polar surface area (TPSA) is 46.1 Å². The normalized spacial score (nSPS) is 20.0. The predicted octanol–water partition coefficient (Wildman–Crippen LogP) is 6.07. The zero-order valence-corrected chi connectivity index (χ0v) is 18.9. The second-order valence-electron chi connectivity index (χ2n) is 9.48. The summed E-state index contributed by atoms with van der Waals surface area (Å²) in [6.45, 7) is 8.28. The zero-order valence-electron chi connectivity index (χ0n) is 18.9. The fourth-order valence-corrected chi connectivity index (χ4v) is 4.49. The Morgan fingerprint density at radius 1 is 1.06 bits per heavy atom. The third-order valence-electron chi connectivity index (χ3n) is 6.22. The van der Waals surface area contributed by atoms with Gasteiger partial charge in [-0.05, 0) is 63.9 Å². The van der Waals surface area contributed by atoms with Crippen molar-refractivity contribution < 1.29 is 18.0 Å². The molecule has 0 bridgehead atoms. The summed E-state index contributed by atoms with van der Waals surface area (Å²) in [6.07, 6.45) is -0.245. The highest BCUT2D eigenvalue weighted by Crippen LogP contribution is 2.37. The van der Waals surface area contributed by atoms with Crippen LogP contribution in [0.4, 0.5) is 18.9 Å². The van der Waals surface area contributed by atoms with Crippen molar-refractivity contribution in [3.8, 4) is 0 Å². The summed E-state index contributed by atoms with van der Waals surface area (Å²) in [7, 11) is 1.99. The molecule has 31 heavy (non-hydrogen) atoms. The van der Waals surface area contributed by atoms with Gasteiger partial charge in [-0.25, -0.2) is 0 Å². The van der Waals surface area contributed by atoms with Crippen LogP contribution in [-0.4, -0.2) is 23.6 Å². The van der Waals surface area contributed by atoms with Gasteiger partial charge in [0.05, 0.1) is 11.1 Å². The Kier molecular flexibility index (Phi) is 6.56. The molecule has 0 saturated heterocycles. The molecule has 1 heterocycles. The number of anilines is 1. The molecule has 1 aromatic heterocycles. The van der Waals surface area contributed by atoms with Crippen molar-refractivity contribution in [1.82, 2.24) is 9.88 Å². The Balaban J connectivity index is 1.91. The lowest BCUT2D eigenvalue weighted by Gasteiger charge is -2.34. The lowest BCUT2D eigenvalue weighted by atomic mass is 9.88. The van der Waals surface area contributed by atoms with E-state index in [0.717, 1.165) is 49.2 Å². The number of amides is 1. The van der Waals surface area contributed by atoms with Gasteiger partial charge in [-0.2, -0.15) is 13.2 Å². The Morgan fingerprint density at radius 2 is 1.71 bits per heavy atom. The molecule has 1 fully saturated rings. The van der Waals surface area contributed by atoms with Gasteiger partial charge >= 0.3 is 6.18 Å². The molecule has 0 unspecified atom stereocenters. The molecule has 0 atom stereocenters. The number of carbonyl (C=O) groups excluding carboxylic acids is 1. The standard InChI is InChI=1S/C24H32F3N3O/c1-15-20(22(31)29-18-8-6-7-16(13-18)24(25,26)27)14-21(23(2,3)4)30(15)19-11-9-17(28-5)10-12-19/h6-8,13-14,17,19,28H,9-12H2,1-5H3,(H,29,31). The Bertz CT molecular complexity index is 933. The summed E-state index contributed by atoms with van der Waals surface area (Å²) >= 11 is 0. The third-order valence-corrected chi connectivity index (χ3v) is 6.22. The van der Waals surface area contributed by atoms with Crippen molar-refractivity contribution in [3.63, 3.8) is 0 Å². The molecular weight excluding hydrogens is 403 g/mol. The molecule has 1 amide bonds. The first-order valence-corrected chi connectivity index (χ1v) is 10.8. The summed E-state index contributed by atoms with van der Waals surface area (Å²) in [5.41, 5.74) is 1.64. The molecule has 0 aliphatic heterocycles. The molecule has 1 aliphatic rings. The van der Waals surface area contributed by atoms with Crippen molar-refractivity contribution >= 4 is 11.6 Å². The van der Waals surface area contributed by atoms with Gasteiger partial charge in [0.2, 0.25) is 0 Å². The number of aromatic nitrogens is 1. The first-order chi connectivity index (χ1) is 14.4. The Labute approximate surface area is 182 Å². The van der Waals surface area contributed by atoms with E-state index in [9.17, 15) is 18.0 Å². The maximum atomic E-state index is 13.1. The third kappa shape index (κ3) is 5.14. The van der Waals surface area contributed by atoms with Crippen LogP contribution in [0, 0.1) is 6.92 Å². The largest absolute Gasteiger partial charge is 0.416 e. The lowest BCUT2D eigenvalue weighted by molar-refractivity contribution is -0.137. The number of carbonyl (C=O) groups is 1. The van der Waals surface area contributed by atoms with Crippen molar-refractivity contribution in [3.05, 3.63) is 52.8 Å². The summed E-state index contributed by atoms with van der Waals surface area (Å²) in [5.74, 6) is -0.384. The molecule has 1 saturated carbocycles. The number of nitrogens with one attached hydrogen (secondary N) is 2. The molecule has 1 aliphatic carbocycles. The van der Waals surface area contributed by atoms with Crippen LogP contribution >= 0.6 is 0 Å². The SMILES string of the molecule is CNC1CCC(n2c(C(C)(C)C)cc(C(=O)Nc3cccc(C(F)(F)F)c3)c2C)CC1. The van der Waals surface area contributed by atoms with E-state index < -0.39 is 11.7 Å². The first kappa shape index (κ1) is 23.4. The van der Waals surface area contributed by atoms with E-state index in [1.165, 1.54) is 12.1 Å². The fraction of sp³-hybridized carbons (Fsp3) is 0.542. The Hall–Kier alpha value is -2.28. The van der Waals surface area contributed by atoms with Gasteiger partial charge in [-0.1, -0.05) is 26.8 Å². The fourth-order valence-electron chi connectivity index (χ4n) is 4.49. The summed E-state index contributed by atoms with van der Waals surface area (Å²) in [5, 5.41) is 6.01. The van der Waals surface area contributed by atoms with E-state index in [-0.39, 0.29) is 17.0 Å². The predicted molar refractivity (Wildman–Crippen MR) is 118 cm³/mol. The maximum absolute atomic E-state index is 13.1. The van der Waals surface area contributed by atoms with Gasteiger partial charge in [-0.3, -0.25) is 4.79 Å². The molecule has 2 N–H and O–H groups in total. The highest BCUT2D eigenvalue weighted by Gasteiger charge is 2.32. The van der Waals surface area contributed by atoms with Crippen molar-refractivity contribution in [2.75, 3.05) is 12.4 Å². The number of hydrogen-bond donors (Lipinski definition) is 2. The van der Waals surface area contributed by atoms with Crippen LogP contribution in [0.5, 0.6) is 0 Å². The lowest BCUT2D eigenvalue weighted by Crippen LogP contribution is -2.32. The highest BCUT2D eigenvalue weighted by atomic mass is 19.4. The number of alkyl halides is 3. The van der Waals surface area contributed by atoms with Crippen molar-refractivity contribution in [2.45, 2.75) is 77.1 Å². The summed E-state index contributed by atoms with van der Waals surface area (Å²) in [4.78, 5) is 13.1. The average molecular weight is 436 g/mol. The van der Waals surface area contributed by atoms with Crippen LogP contribution in [0.25, 0.3) is 0 Å². The van der Waals surface area contributed by atoms with Crippen LogP contribution in [0.3, 0.4) is 0 Å². The second kappa shape index (κ2) is 8.69. The van der Waals surface area contributed by atoms with E-state index >= 15 is 0 Å². The van der Waals surface area contributed by atoms with Crippen LogP contribution in [0.15, 0.2) is 30.3 Å². The van der Waals surface area contributed by atoms with E-state index in [4.69, 9.17) is 0 Å². The number of rotatable bonds is 4. The minimum Gasteiger partial charge on any atom is -0.345 e. The smallest absolute Gasteiger partial charge is 0.345 e. The molecule has 170 valence electrons. The van der Waals surface area contributed by atoms with E-state index in [1.54, 1.807) is 0 Å². The molecule has 3 rings (SSSR count). The van der Waals surface area contributed by atoms with Gasteiger partial charge in [0.25, 0.3) is 5.91 Å². The number of hydrogen-bond acceptors (Lipinski definition) is 2. The molecule has 2 aromatic rings. The summed E-state index contributed by atoms with van der Waals surface area (Å²) in [6, 6.07) is 7.48. The number of benzene rings is 1. The van der Waals surface area contributed by atoms with E-state index in [0.29, 0.717) is 17.6 Å². The molecule has 7 heteroatoms. The van der Waals surface area contributed by atoms with Gasteiger partial charge in [0, 0.05) is 34.6 Å². The van der Waals surface area contributed by atoms with Gasteiger partial charge < -0.3 is 15.2 Å². The average Bonchev–Trinajstić information content (AvgIpc) is 3.05. The first-order valence-electron chi connectivity index (χ1n) is 10.8. The zero-order chi connectivity index (χ0) is 23.0. The van der Waals surface area contributed by atoms with Gasteiger partial charge in [0.1, 0.15) is 0 Å². The Morgan fingerprint density at radius 3 is 2.26 bits per heavy atom. The van der Waals surface area contributed by atoms with Gasteiger partial charge in [-0.15, -0.1) is 0 Å². The van der Waals surface area contributed by atoms with E-state index in [1.807, 2.05) is 20.0 Å². The van der Waals surface area contributed by atoms with Gasteiger partial charge in [0.15, 0.2) is 0 Å². The summed E-state index contributed by atoms with van der Waals surface area (Å²) < 4.78 is 41.3. The number of nitrogens with zero attached hydrogens (tertiary/aromatic N) is 1. The van der Waals surface area contributed by atoms with Crippen LogP contribution in [0.2, 0.25) is 0 Å². The molecule has 0 spiro atoms. The van der Waals surface area contributed by atoms with Crippen LogP contribution in [0.1, 0.15) is 79.8 Å². The van der Waals surface area contributed by atoms with Crippen LogP contribution < -0.4 is 10.6 Å². The minimum absolute atomic E-state index is 0.138. The molecule has 4 nitrogen and oxygen atoms in total. The van der Waals surface area contributed by atoms with Crippen LogP contribution in [-0.2, 0) is 11.6 Å². The van der Waals surface area contributed by atoms with Crippen molar-refractivity contribution in [2.24, 2.45) is 0 Å². The molecule has 1 aromatic carbocycles. The molecule has 0 radical (unpaired) electrons. The van der Waals surface area contributed by atoms with E-state index in [2.05, 4.69) is 36.0 Å². The maximum Gasteiger partial charge on any atom is 0.416 e. The quantitative estimate of drug-likeness (QED) is 0.612.